The van der Waals surface area contributed by atoms with E-state index in [1.165, 1.54) is 7.11 Å². The van der Waals surface area contributed by atoms with Gasteiger partial charge in [-0.15, -0.1) is 0 Å². The van der Waals surface area contributed by atoms with Crippen molar-refractivity contribution in [1.82, 2.24) is 4.72 Å². The molecule has 6 heteroatoms. The van der Waals surface area contributed by atoms with Crippen LogP contribution in [0.1, 0.15) is 39.0 Å². The van der Waals surface area contributed by atoms with Gasteiger partial charge in [0, 0.05) is 6.54 Å². The summed E-state index contributed by atoms with van der Waals surface area (Å²) in [4.78, 5) is 11.5. The van der Waals surface area contributed by atoms with Gasteiger partial charge in [0.1, 0.15) is 0 Å². The molecule has 1 fully saturated rings. The van der Waals surface area contributed by atoms with E-state index in [9.17, 15) is 13.2 Å². The monoisotopic (exact) mass is 263 g/mol. The highest BCUT2D eigenvalue weighted by Gasteiger charge is 2.41. The van der Waals surface area contributed by atoms with Crippen molar-refractivity contribution in [3.05, 3.63) is 0 Å². The number of hydrogen-bond acceptors (Lipinski definition) is 4. The van der Waals surface area contributed by atoms with Gasteiger partial charge in [0.15, 0.2) is 0 Å². The van der Waals surface area contributed by atoms with Gasteiger partial charge in [-0.2, -0.15) is 0 Å². The Morgan fingerprint density at radius 1 is 1.41 bits per heavy atom. The molecule has 1 rings (SSSR count). The van der Waals surface area contributed by atoms with Crippen LogP contribution in [0.15, 0.2) is 0 Å². The van der Waals surface area contributed by atoms with Crippen molar-refractivity contribution >= 4 is 16.0 Å². The molecular formula is C11H21NO4S. The maximum atomic E-state index is 12.0. The summed E-state index contributed by atoms with van der Waals surface area (Å²) in [6.07, 6.45) is 3.66. The van der Waals surface area contributed by atoms with Crippen LogP contribution in [-0.4, -0.2) is 33.3 Å². The van der Waals surface area contributed by atoms with Gasteiger partial charge >= 0.3 is 5.97 Å². The maximum absolute atomic E-state index is 12.0. The number of rotatable bonds is 6. The Balaban J connectivity index is 2.66. The van der Waals surface area contributed by atoms with E-state index in [2.05, 4.69) is 9.46 Å². The van der Waals surface area contributed by atoms with E-state index in [1.807, 2.05) is 6.92 Å². The lowest BCUT2D eigenvalue weighted by molar-refractivity contribution is -0.145. The van der Waals surface area contributed by atoms with Gasteiger partial charge in [0.05, 0.1) is 18.3 Å². The van der Waals surface area contributed by atoms with Crippen molar-refractivity contribution in [2.24, 2.45) is 5.92 Å². The van der Waals surface area contributed by atoms with Crippen LogP contribution in [0.4, 0.5) is 0 Å². The minimum atomic E-state index is -3.39. The smallest absolute Gasteiger partial charge is 0.310 e. The summed E-state index contributed by atoms with van der Waals surface area (Å²) in [5.41, 5.74) is 0. The molecule has 1 aliphatic carbocycles. The van der Waals surface area contributed by atoms with Crippen LogP contribution in [-0.2, 0) is 19.6 Å². The quantitative estimate of drug-likeness (QED) is 0.574. The highest BCUT2D eigenvalue weighted by atomic mass is 32.2. The fourth-order valence-corrected chi connectivity index (χ4v) is 4.02. The second kappa shape index (κ2) is 6.35. The third kappa shape index (κ3) is 3.67. The third-order valence-electron chi connectivity index (χ3n) is 3.19. The van der Waals surface area contributed by atoms with Crippen LogP contribution in [0.25, 0.3) is 0 Å². The highest BCUT2D eigenvalue weighted by molar-refractivity contribution is 7.90. The van der Waals surface area contributed by atoms with Crippen LogP contribution >= 0.6 is 0 Å². The fourth-order valence-electron chi connectivity index (χ4n) is 2.22. The molecule has 1 saturated carbocycles. The Bertz CT molecular complexity index is 352. The van der Waals surface area contributed by atoms with E-state index in [1.54, 1.807) is 0 Å². The number of esters is 1. The number of hydrogen-bond donors (Lipinski definition) is 1. The van der Waals surface area contributed by atoms with Gasteiger partial charge in [-0.05, 0) is 19.3 Å². The molecule has 0 heterocycles. The summed E-state index contributed by atoms with van der Waals surface area (Å²) < 4.78 is 31.3. The molecule has 0 spiro atoms. The normalized spacial score (nSPS) is 24.8. The number of methoxy groups -OCH3 is 1. The second-order valence-corrected chi connectivity index (χ2v) is 6.38. The predicted molar refractivity (Wildman–Crippen MR) is 65.0 cm³/mol. The molecule has 2 unspecified atom stereocenters. The molecule has 0 aromatic carbocycles. The van der Waals surface area contributed by atoms with Gasteiger partial charge in [0.25, 0.3) is 0 Å². The standard InChI is InChI=1S/C11H21NO4S/c1-3-4-8-12-17(14,15)10-7-5-6-9(10)11(13)16-2/h9-10,12H,3-8H2,1-2H3. The molecule has 1 N–H and O–H groups in total. The van der Waals surface area contributed by atoms with Crippen molar-refractivity contribution in [3.63, 3.8) is 0 Å². The molecule has 0 bridgehead atoms. The molecular weight excluding hydrogens is 242 g/mol. The molecule has 0 aromatic heterocycles. The summed E-state index contributed by atoms with van der Waals surface area (Å²) in [5, 5.41) is -0.619. The van der Waals surface area contributed by atoms with Crippen LogP contribution in [0.5, 0.6) is 0 Å². The first-order chi connectivity index (χ1) is 8.03. The van der Waals surface area contributed by atoms with Crippen molar-refractivity contribution < 1.29 is 17.9 Å². The lowest BCUT2D eigenvalue weighted by atomic mass is 10.1. The predicted octanol–water partition coefficient (Wildman–Crippen LogP) is 1.05. The van der Waals surface area contributed by atoms with Crippen molar-refractivity contribution in [2.75, 3.05) is 13.7 Å². The number of unbranched alkanes of at least 4 members (excludes halogenated alkanes) is 1. The summed E-state index contributed by atoms with van der Waals surface area (Å²) in [6, 6.07) is 0. The van der Waals surface area contributed by atoms with Gasteiger partial charge in [-0.25, -0.2) is 13.1 Å². The lowest BCUT2D eigenvalue weighted by Gasteiger charge is -2.18. The number of ether oxygens (including phenoxy) is 1. The number of sulfonamides is 1. The molecule has 2 atom stereocenters. The summed E-state index contributed by atoms with van der Waals surface area (Å²) in [5.74, 6) is -0.910. The third-order valence-corrected chi connectivity index (χ3v) is 5.16. The molecule has 5 nitrogen and oxygen atoms in total. The zero-order valence-corrected chi connectivity index (χ0v) is 11.3. The van der Waals surface area contributed by atoms with Gasteiger partial charge in [0.2, 0.25) is 10.0 Å². The highest BCUT2D eigenvalue weighted by Crippen LogP contribution is 2.31. The molecule has 0 aromatic rings. The fraction of sp³-hybridized carbons (Fsp3) is 0.909. The SMILES string of the molecule is CCCCNS(=O)(=O)C1CCCC1C(=O)OC. The first-order valence-corrected chi connectivity index (χ1v) is 7.64. The largest absolute Gasteiger partial charge is 0.469 e. The molecule has 1 aliphatic rings. The lowest BCUT2D eigenvalue weighted by Crippen LogP contribution is -2.39. The van der Waals surface area contributed by atoms with E-state index >= 15 is 0 Å². The van der Waals surface area contributed by atoms with Crippen LogP contribution in [0.2, 0.25) is 0 Å². The van der Waals surface area contributed by atoms with Crippen molar-refractivity contribution in [3.8, 4) is 0 Å². The zero-order chi connectivity index (χ0) is 12.9. The van der Waals surface area contributed by atoms with Gasteiger partial charge in [-0.3, -0.25) is 4.79 Å². The van der Waals surface area contributed by atoms with Crippen LogP contribution < -0.4 is 4.72 Å². The minimum Gasteiger partial charge on any atom is -0.469 e. The Hall–Kier alpha value is -0.620. The van der Waals surface area contributed by atoms with E-state index in [0.29, 0.717) is 19.4 Å². The van der Waals surface area contributed by atoms with Gasteiger partial charge in [-0.1, -0.05) is 19.8 Å². The van der Waals surface area contributed by atoms with Gasteiger partial charge < -0.3 is 4.74 Å². The molecule has 100 valence electrons. The molecule has 0 saturated heterocycles. The topological polar surface area (TPSA) is 72.5 Å². The van der Waals surface area contributed by atoms with Crippen molar-refractivity contribution in [2.45, 2.75) is 44.3 Å². The minimum absolute atomic E-state index is 0.409. The van der Waals surface area contributed by atoms with Crippen LogP contribution in [0, 0.1) is 5.92 Å². The van der Waals surface area contributed by atoms with E-state index in [4.69, 9.17) is 0 Å². The number of nitrogens with one attached hydrogen (secondary N) is 1. The average Bonchev–Trinajstić information content (AvgIpc) is 2.78. The number of carbonyl (C=O) groups excluding carboxylic acids is 1. The molecule has 0 amide bonds. The Morgan fingerprint density at radius 3 is 2.71 bits per heavy atom. The Kier molecular flexibility index (Phi) is 5.39. The Morgan fingerprint density at radius 2 is 2.12 bits per heavy atom. The zero-order valence-electron chi connectivity index (χ0n) is 10.4. The summed E-state index contributed by atoms with van der Waals surface area (Å²) in [6.45, 7) is 2.45. The number of carbonyl (C=O) groups is 1. The first-order valence-electron chi connectivity index (χ1n) is 6.09. The Labute approximate surface area is 103 Å². The summed E-state index contributed by atoms with van der Waals surface area (Å²) in [7, 11) is -2.09. The van der Waals surface area contributed by atoms with E-state index in [0.717, 1.165) is 19.3 Å². The van der Waals surface area contributed by atoms with Crippen LogP contribution in [0.3, 0.4) is 0 Å². The second-order valence-electron chi connectivity index (χ2n) is 4.39. The first kappa shape index (κ1) is 14.4. The summed E-state index contributed by atoms with van der Waals surface area (Å²) >= 11 is 0. The molecule has 17 heavy (non-hydrogen) atoms. The van der Waals surface area contributed by atoms with E-state index in [-0.39, 0.29) is 0 Å². The van der Waals surface area contributed by atoms with E-state index < -0.39 is 27.2 Å². The molecule has 0 aliphatic heterocycles. The average molecular weight is 263 g/mol. The maximum Gasteiger partial charge on any atom is 0.310 e. The van der Waals surface area contributed by atoms with Crippen molar-refractivity contribution in [1.29, 1.82) is 0 Å². The molecule has 0 radical (unpaired) electrons.